The fourth-order valence-corrected chi connectivity index (χ4v) is 2.99. The van der Waals surface area contributed by atoms with E-state index in [4.69, 9.17) is 4.74 Å². The summed E-state index contributed by atoms with van der Waals surface area (Å²) >= 11 is 0. The molecule has 1 fully saturated rings. The molecule has 116 valence electrons. The molecule has 1 atom stereocenters. The van der Waals surface area contributed by atoms with E-state index in [0.717, 1.165) is 30.1 Å². The van der Waals surface area contributed by atoms with Crippen LogP contribution in [0.1, 0.15) is 44.1 Å². The van der Waals surface area contributed by atoms with E-state index in [0.29, 0.717) is 18.0 Å². The van der Waals surface area contributed by atoms with Crippen molar-refractivity contribution in [3.63, 3.8) is 0 Å². The van der Waals surface area contributed by atoms with Gasteiger partial charge in [0.1, 0.15) is 0 Å². The molecule has 2 aromatic rings. The van der Waals surface area contributed by atoms with E-state index >= 15 is 0 Å². The highest BCUT2D eigenvalue weighted by Gasteiger charge is 2.29. The maximum atomic E-state index is 5.85. The Hall–Kier alpha value is -2.01. The first kappa shape index (κ1) is 14.9. The van der Waals surface area contributed by atoms with E-state index in [1.807, 2.05) is 25.3 Å². The topological polar surface area (TPSA) is 51.1 Å². The van der Waals surface area contributed by atoms with Crippen molar-refractivity contribution in [1.29, 1.82) is 0 Å². The number of hydrogen-bond donors (Lipinski definition) is 0. The molecule has 3 rings (SSSR count). The third-order valence-corrected chi connectivity index (χ3v) is 4.10. The Balaban J connectivity index is 1.82. The van der Waals surface area contributed by atoms with Gasteiger partial charge >= 0.3 is 0 Å². The van der Waals surface area contributed by atoms with Gasteiger partial charge in [-0.3, -0.25) is 14.9 Å². The summed E-state index contributed by atoms with van der Waals surface area (Å²) in [6.45, 7) is 7.50. The van der Waals surface area contributed by atoms with Gasteiger partial charge in [-0.15, -0.1) is 0 Å². The zero-order valence-corrected chi connectivity index (χ0v) is 13.4. The summed E-state index contributed by atoms with van der Waals surface area (Å²) in [7, 11) is 0. The number of pyridine rings is 1. The Morgan fingerprint density at radius 1 is 1.32 bits per heavy atom. The molecule has 1 aliphatic heterocycles. The molecule has 0 saturated carbocycles. The number of ether oxygens (including phenoxy) is 1. The smallest absolute Gasteiger partial charge is 0.238 e. The lowest BCUT2D eigenvalue weighted by Crippen LogP contribution is -2.30. The van der Waals surface area contributed by atoms with E-state index in [-0.39, 0.29) is 0 Å². The molecular weight excluding hydrogens is 276 g/mol. The lowest BCUT2D eigenvalue weighted by Gasteiger charge is -2.27. The van der Waals surface area contributed by atoms with Crippen LogP contribution in [0.15, 0.2) is 30.7 Å². The predicted octanol–water partition coefficient (Wildman–Crippen LogP) is 3.52. The Morgan fingerprint density at radius 2 is 2.18 bits per heavy atom. The quantitative estimate of drug-likeness (QED) is 0.864. The van der Waals surface area contributed by atoms with Crippen molar-refractivity contribution < 1.29 is 4.74 Å². The summed E-state index contributed by atoms with van der Waals surface area (Å²) < 4.78 is 5.85. The Morgan fingerprint density at radius 3 is 2.95 bits per heavy atom. The zero-order valence-electron chi connectivity index (χ0n) is 13.4. The van der Waals surface area contributed by atoms with Gasteiger partial charge in [0.05, 0.1) is 29.8 Å². The average molecular weight is 298 g/mol. The summed E-state index contributed by atoms with van der Waals surface area (Å²) in [6.07, 6.45) is 7.60. The van der Waals surface area contributed by atoms with Crippen molar-refractivity contribution in [2.45, 2.75) is 45.7 Å². The van der Waals surface area contributed by atoms with Crippen LogP contribution >= 0.6 is 0 Å². The minimum Gasteiger partial charge on any atom is -0.436 e. The highest BCUT2D eigenvalue weighted by atomic mass is 16.5. The van der Waals surface area contributed by atoms with Crippen molar-refractivity contribution in [1.82, 2.24) is 19.9 Å². The summed E-state index contributed by atoms with van der Waals surface area (Å²) in [5.74, 6) is 1.25. The monoisotopic (exact) mass is 298 g/mol. The zero-order chi connectivity index (χ0) is 15.5. The Bertz CT molecular complexity index is 644. The van der Waals surface area contributed by atoms with Gasteiger partial charge in [-0.05, 0) is 52.3 Å². The van der Waals surface area contributed by atoms with E-state index in [2.05, 4.69) is 33.7 Å². The molecule has 0 bridgehead atoms. The second-order valence-corrected chi connectivity index (χ2v) is 5.96. The second-order valence-electron chi connectivity index (χ2n) is 5.96. The normalized spacial score (nSPS) is 18.8. The number of nitrogens with zero attached hydrogens (tertiary/aromatic N) is 4. The second kappa shape index (κ2) is 6.40. The lowest BCUT2D eigenvalue weighted by atomic mass is 10.1. The molecule has 0 N–H and O–H groups in total. The number of likely N-dealkylation sites (tertiary alicyclic amines) is 1. The molecule has 1 unspecified atom stereocenters. The number of aromatic nitrogens is 3. The number of rotatable bonds is 4. The maximum Gasteiger partial charge on any atom is 0.238 e. The number of hydrogen-bond acceptors (Lipinski definition) is 5. The van der Waals surface area contributed by atoms with Gasteiger partial charge in [-0.25, -0.2) is 4.98 Å². The molecule has 1 saturated heterocycles. The van der Waals surface area contributed by atoms with Crippen LogP contribution in [0.25, 0.3) is 0 Å². The average Bonchev–Trinajstić information content (AvgIpc) is 3.00. The number of aryl methyl sites for hydroxylation is 1. The van der Waals surface area contributed by atoms with Crippen LogP contribution in [0.5, 0.6) is 11.6 Å². The molecule has 0 aromatic carbocycles. The summed E-state index contributed by atoms with van der Waals surface area (Å²) in [6, 6.07) is 4.61. The molecule has 22 heavy (non-hydrogen) atoms. The summed E-state index contributed by atoms with van der Waals surface area (Å²) in [5, 5.41) is 0. The van der Waals surface area contributed by atoms with Gasteiger partial charge < -0.3 is 4.74 Å². The van der Waals surface area contributed by atoms with Gasteiger partial charge in [0, 0.05) is 12.2 Å². The Kier molecular flexibility index (Phi) is 4.34. The molecule has 5 nitrogen and oxygen atoms in total. The van der Waals surface area contributed by atoms with Crippen LogP contribution in [0.3, 0.4) is 0 Å². The predicted molar refractivity (Wildman–Crippen MR) is 84.9 cm³/mol. The van der Waals surface area contributed by atoms with Crippen molar-refractivity contribution >= 4 is 0 Å². The summed E-state index contributed by atoms with van der Waals surface area (Å²) in [5.41, 5.74) is 1.84. The minimum atomic E-state index is 0.339. The molecule has 3 heterocycles. The SMILES string of the molecule is Cc1ncccc1Oc1cncc(C2CCCN2C(C)C)n1. The van der Waals surface area contributed by atoms with E-state index < -0.39 is 0 Å². The van der Waals surface area contributed by atoms with Gasteiger partial charge in [0.15, 0.2) is 5.75 Å². The first-order valence-electron chi connectivity index (χ1n) is 7.82. The van der Waals surface area contributed by atoms with Crippen LogP contribution in [0.2, 0.25) is 0 Å². The standard InChI is InChI=1S/C17H22N4O/c1-12(2)21-9-5-6-15(21)14-10-18-11-17(20-14)22-16-7-4-8-19-13(16)3/h4,7-8,10-12,15H,5-6,9H2,1-3H3. The van der Waals surface area contributed by atoms with E-state index in [1.54, 1.807) is 12.4 Å². The molecule has 0 spiro atoms. The van der Waals surface area contributed by atoms with Crippen molar-refractivity contribution in [2.24, 2.45) is 0 Å². The van der Waals surface area contributed by atoms with Crippen LogP contribution in [-0.2, 0) is 0 Å². The Labute approximate surface area is 131 Å². The highest BCUT2D eigenvalue weighted by Crippen LogP contribution is 2.33. The molecule has 2 aromatic heterocycles. The van der Waals surface area contributed by atoms with Crippen molar-refractivity contribution in [3.8, 4) is 11.6 Å². The van der Waals surface area contributed by atoms with Gasteiger partial charge in [-0.1, -0.05) is 0 Å². The first-order chi connectivity index (χ1) is 10.6. The third-order valence-electron chi connectivity index (χ3n) is 4.10. The van der Waals surface area contributed by atoms with E-state index in [9.17, 15) is 0 Å². The molecule has 5 heteroatoms. The lowest BCUT2D eigenvalue weighted by molar-refractivity contribution is 0.201. The fourth-order valence-electron chi connectivity index (χ4n) is 2.99. The largest absolute Gasteiger partial charge is 0.436 e. The van der Waals surface area contributed by atoms with Crippen molar-refractivity contribution in [3.05, 3.63) is 42.1 Å². The van der Waals surface area contributed by atoms with Crippen molar-refractivity contribution in [2.75, 3.05) is 6.54 Å². The van der Waals surface area contributed by atoms with Gasteiger partial charge in [-0.2, -0.15) is 0 Å². The first-order valence-corrected chi connectivity index (χ1v) is 7.82. The van der Waals surface area contributed by atoms with Crippen LogP contribution in [0.4, 0.5) is 0 Å². The fraction of sp³-hybridized carbons (Fsp3) is 0.471. The summed E-state index contributed by atoms with van der Waals surface area (Å²) in [4.78, 5) is 15.7. The van der Waals surface area contributed by atoms with Crippen LogP contribution in [-0.4, -0.2) is 32.4 Å². The minimum absolute atomic E-state index is 0.339. The van der Waals surface area contributed by atoms with Crippen LogP contribution < -0.4 is 4.74 Å². The van der Waals surface area contributed by atoms with Gasteiger partial charge in [0.2, 0.25) is 5.88 Å². The molecule has 0 radical (unpaired) electrons. The van der Waals surface area contributed by atoms with E-state index in [1.165, 1.54) is 6.42 Å². The van der Waals surface area contributed by atoms with Crippen LogP contribution in [0, 0.1) is 6.92 Å². The highest BCUT2D eigenvalue weighted by molar-refractivity contribution is 5.29. The molecule has 0 aliphatic carbocycles. The molecule has 0 amide bonds. The van der Waals surface area contributed by atoms with Gasteiger partial charge in [0.25, 0.3) is 0 Å². The molecule has 1 aliphatic rings. The molecular formula is C17H22N4O. The maximum absolute atomic E-state index is 5.85. The third kappa shape index (κ3) is 3.09.